The van der Waals surface area contributed by atoms with Crippen molar-refractivity contribution in [3.63, 3.8) is 0 Å². The maximum absolute atomic E-state index is 11.0. The first-order chi connectivity index (χ1) is 9.74. The Bertz CT molecular complexity index is 565. The maximum atomic E-state index is 11.0. The summed E-state index contributed by atoms with van der Waals surface area (Å²) in [5.74, 6) is 0.512. The first-order valence-electron chi connectivity index (χ1n) is 6.14. The summed E-state index contributed by atoms with van der Waals surface area (Å²) >= 11 is 3.87. The van der Waals surface area contributed by atoms with E-state index in [4.69, 9.17) is 0 Å². The van der Waals surface area contributed by atoms with Crippen molar-refractivity contribution in [2.45, 2.75) is 25.2 Å². The smallest absolute Gasteiger partial charge is 0.306 e. The van der Waals surface area contributed by atoms with E-state index in [0.717, 1.165) is 15.9 Å². The Morgan fingerprint density at radius 3 is 2.90 bits per heavy atom. The number of rotatable bonds is 5. The van der Waals surface area contributed by atoms with Crippen LogP contribution in [0.1, 0.15) is 20.3 Å². The van der Waals surface area contributed by atoms with Gasteiger partial charge in [-0.2, -0.15) is 5.10 Å². The van der Waals surface area contributed by atoms with Gasteiger partial charge in [0.25, 0.3) is 0 Å². The summed E-state index contributed by atoms with van der Waals surface area (Å²) in [6, 6.07) is 2.05. The van der Waals surface area contributed by atoms with Crippen LogP contribution in [0.5, 0.6) is 0 Å². The Hall–Kier alpha value is -0.400. The van der Waals surface area contributed by atoms with Gasteiger partial charge in [0.05, 0.1) is 26.1 Å². The third-order valence-electron chi connectivity index (χ3n) is 2.27. The van der Waals surface area contributed by atoms with Crippen LogP contribution in [0.3, 0.4) is 0 Å². The van der Waals surface area contributed by atoms with E-state index >= 15 is 0 Å². The SMILES string of the molecule is CC.COC(=O)CCSc1cnc2c(cnn2PI)c1. The number of hydrogen-bond donors (Lipinski definition) is 0. The van der Waals surface area contributed by atoms with Crippen molar-refractivity contribution in [2.75, 3.05) is 12.9 Å². The minimum atomic E-state index is -0.185. The molecule has 1 unspecified atom stereocenters. The van der Waals surface area contributed by atoms with Crippen molar-refractivity contribution in [1.82, 2.24) is 14.5 Å². The van der Waals surface area contributed by atoms with Gasteiger partial charge in [-0.3, -0.25) is 4.79 Å². The van der Waals surface area contributed by atoms with Crippen molar-refractivity contribution in [3.05, 3.63) is 18.5 Å². The highest BCUT2D eigenvalue weighted by Gasteiger charge is 2.06. The van der Waals surface area contributed by atoms with E-state index in [-0.39, 0.29) is 5.97 Å². The Morgan fingerprint density at radius 1 is 1.50 bits per heavy atom. The van der Waals surface area contributed by atoms with E-state index in [9.17, 15) is 4.79 Å². The zero-order valence-corrected chi connectivity index (χ0v) is 15.6. The first-order valence-corrected chi connectivity index (χ1v) is 11.2. The van der Waals surface area contributed by atoms with Gasteiger partial charge < -0.3 is 4.74 Å². The van der Waals surface area contributed by atoms with Crippen LogP contribution in [-0.4, -0.2) is 33.4 Å². The fourth-order valence-corrected chi connectivity index (χ4v) is 3.67. The molecule has 0 radical (unpaired) electrons. The second-order valence-electron chi connectivity index (χ2n) is 3.40. The zero-order chi connectivity index (χ0) is 15.0. The fraction of sp³-hybridized carbons (Fsp3) is 0.417. The maximum Gasteiger partial charge on any atom is 0.306 e. The monoisotopic (exact) mass is 425 g/mol. The molecule has 0 saturated carbocycles. The summed E-state index contributed by atoms with van der Waals surface area (Å²) < 4.78 is 6.47. The van der Waals surface area contributed by atoms with Crippen molar-refractivity contribution >= 4 is 57.2 Å². The van der Waals surface area contributed by atoms with Crippen molar-refractivity contribution in [1.29, 1.82) is 0 Å². The highest BCUT2D eigenvalue weighted by atomic mass is 127. The average Bonchev–Trinajstić information content (AvgIpc) is 2.91. The molecule has 0 saturated heterocycles. The number of carbonyl (C=O) groups excluding carboxylic acids is 1. The summed E-state index contributed by atoms with van der Waals surface area (Å²) in [5, 5.41) is 5.28. The lowest BCUT2D eigenvalue weighted by Gasteiger charge is -2.01. The van der Waals surface area contributed by atoms with Crippen LogP contribution in [0.25, 0.3) is 11.0 Å². The molecular formula is C12H17IN3O2PS. The van der Waals surface area contributed by atoms with Crippen LogP contribution in [0, 0.1) is 0 Å². The summed E-state index contributed by atoms with van der Waals surface area (Å²) in [5.41, 5.74) is 0.903. The van der Waals surface area contributed by atoms with Crippen LogP contribution in [-0.2, 0) is 9.53 Å². The van der Waals surface area contributed by atoms with Gasteiger partial charge in [-0.25, -0.2) is 9.44 Å². The molecule has 2 heterocycles. The van der Waals surface area contributed by atoms with Gasteiger partial charge in [0.15, 0.2) is 5.65 Å². The molecule has 0 aliphatic carbocycles. The molecule has 0 spiro atoms. The molecule has 0 N–H and O–H groups in total. The number of thioether (sulfide) groups is 1. The van der Waals surface area contributed by atoms with Crippen LogP contribution in [0.2, 0.25) is 0 Å². The highest BCUT2D eigenvalue weighted by molar-refractivity contribution is 14.2. The number of halogens is 1. The second kappa shape index (κ2) is 9.52. The third-order valence-corrected chi connectivity index (χ3v) is 5.09. The largest absolute Gasteiger partial charge is 0.469 e. The quantitative estimate of drug-likeness (QED) is 0.315. The molecule has 20 heavy (non-hydrogen) atoms. The summed E-state index contributed by atoms with van der Waals surface area (Å²) in [4.78, 5) is 16.4. The van der Waals surface area contributed by atoms with E-state index in [0.29, 0.717) is 18.5 Å². The molecule has 5 nitrogen and oxygen atoms in total. The van der Waals surface area contributed by atoms with Gasteiger partial charge in [0, 0.05) is 22.2 Å². The van der Waals surface area contributed by atoms with Crippen molar-refractivity contribution in [3.8, 4) is 0 Å². The molecule has 0 aliphatic heterocycles. The molecule has 2 aromatic heterocycles. The van der Waals surface area contributed by atoms with Gasteiger partial charge in [0.1, 0.15) is 0 Å². The fourth-order valence-electron chi connectivity index (χ4n) is 1.40. The Balaban J connectivity index is 0.000000956. The Morgan fingerprint density at radius 2 is 2.25 bits per heavy atom. The van der Waals surface area contributed by atoms with Crippen molar-refractivity contribution in [2.24, 2.45) is 0 Å². The van der Waals surface area contributed by atoms with E-state index in [1.54, 1.807) is 11.8 Å². The van der Waals surface area contributed by atoms with E-state index in [2.05, 4.69) is 36.9 Å². The molecular weight excluding hydrogens is 408 g/mol. The molecule has 8 heteroatoms. The number of carbonyl (C=O) groups is 1. The van der Waals surface area contributed by atoms with E-state index in [1.165, 1.54) is 7.11 Å². The number of esters is 1. The Kier molecular flexibility index (Phi) is 8.40. The zero-order valence-electron chi connectivity index (χ0n) is 11.6. The van der Waals surface area contributed by atoms with Gasteiger partial charge in [-0.05, 0) is 28.1 Å². The van der Waals surface area contributed by atoms with Crippen molar-refractivity contribution < 1.29 is 9.53 Å². The van der Waals surface area contributed by atoms with E-state index < -0.39 is 0 Å². The molecule has 110 valence electrons. The van der Waals surface area contributed by atoms with Gasteiger partial charge >= 0.3 is 5.97 Å². The molecule has 0 bridgehead atoms. The molecule has 0 aliphatic rings. The van der Waals surface area contributed by atoms with Crippen LogP contribution >= 0.6 is 40.2 Å². The molecule has 0 fully saturated rings. The minimum absolute atomic E-state index is 0.185. The predicted octanol–water partition coefficient (Wildman–Crippen LogP) is 3.90. The number of hydrogen-bond acceptors (Lipinski definition) is 5. The molecule has 2 rings (SSSR count). The predicted molar refractivity (Wildman–Crippen MR) is 94.0 cm³/mol. The van der Waals surface area contributed by atoms with Crippen LogP contribution in [0.15, 0.2) is 23.4 Å². The lowest BCUT2D eigenvalue weighted by molar-refractivity contribution is -0.140. The molecule has 0 amide bonds. The number of pyridine rings is 1. The summed E-state index contributed by atoms with van der Waals surface area (Å²) in [7, 11) is 1.40. The highest BCUT2D eigenvalue weighted by Crippen LogP contribution is 2.29. The standard InChI is InChI=1S/C10H11IN3O2PS.C2H6/c1-16-9(15)2-3-18-8-4-7-5-13-14(17-11)10(7)12-6-8;1-2/h4-6,17H,2-3H2,1H3;1-2H3. The van der Waals surface area contributed by atoms with Crippen LogP contribution in [0.4, 0.5) is 0 Å². The normalized spacial score (nSPS) is 10.6. The molecule has 1 atom stereocenters. The second-order valence-corrected chi connectivity index (χ2v) is 6.61. The minimum Gasteiger partial charge on any atom is -0.469 e. The molecule has 2 aromatic rings. The third kappa shape index (κ3) is 4.86. The lowest BCUT2D eigenvalue weighted by atomic mass is 10.4. The lowest BCUT2D eigenvalue weighted by Crippen LogP contribution is -2.00. The number of aromatic nitrogens is 3. The summed E-state index contributed by atoms with van der Waals surface area (Å²) in [6.45, 7) is 4.00. The van der Waals surface area contributed by atoms with Gasteiger partial charge in [-0.1, -0.05) is 13.8 Å². The van der Waals surface area contributed by atoms with Crippen LogP contribution < -0.4 is 0 Å². The number of ether oxygens (including phenoxy) is 1. The van der Waals surface area contributed by atoms with Gasteiger partial charge in [-0.15, -0.1) is 11.8 Å². The number of methoxy groups -OCH3 is 1. The van der Waals surface area contributed by atoms with Gasteiger partial charge in [0.2, 0.25) is 0 Å². The number of nitrogens with zero attached hydrogens (tertiary/aromatic N) is 3. The Labute approximate surface area is 137 Å². The summed E-state index contributed by atoms with van der Waals surface area (Å²) in [6.07, 6.45) is 4.59. The average molecular weight is 425 g/mol. The first kappa shape index (κ1) is 17.7. The van der Waals surface area contributed by atoms with E-state index in [1.807, 2.05) is 36.8 Å². The molecule has 0 aromatic carbocycles. The number of fused-ring (bicyclic) bond motifs is 1. The topological polar surface area (TPSA) is 57.0 Å².